The van der Waals surface area contributed by atoms with E-state index in [2.05, 4.69) is 38.5 Å². The first-order chi connectivity index (χ1) is 16.2. The Morgan fingerprint density at radius 2 is 1.88 bits per heavy atom. The summed E-state index contributed by atoms with van der Waals surface area (Å²) in [5.41, 5.74) is 4.46. The second kappa shape index (κ2) is 10.00. The SMILES string of the molecule is CCn1c(SCC(=O)Nc2sc3c(c2C#N)CCCCC3)nnc1-c1csc2c1CCCC2. The Labute approximate surface area is 206 Å². The predicted octanol–water partition coefficient (Wildman–Crippen LogP) is 5.84. The van der Waals surface area contributed by atoms with Crippen molar-refractivity contribution in [3.05, 3.63) is 31.8 Å². The van der Waals surface area contributed by atoms with Crippen LogP contribution in [0, 0.1) is 11.3 Å². The van der Waals surface area contributed by atoms with Crippen LogP contribution in [-0.2, 0) is 37.0 Å². The molecule has 2 aliphatic carbocycles. The van der Waals surface area contributed by atoms with Crippen molar-refractivity contribution in [2.45, 2.75) is 76.4 Å². The molecule has 0 aliphatic heterocycles. The van der Waals surface area contributed by atoms with Gasteiger partial charge in [0.25, 0.3) is 0 Å². The van der Waals surface area contributed by atoms with E-state index in [0.29, 0.717) is 10.6 Å². The minimum absolute atomic E-state index is 0.104. The number of nitrogens with one attached hydrogen (secondary N) is 1. The number of thiophene rings is 2. The topological polar surface area (TPSA) is 83.6 Å². The summed E-state index contributed by atoms with van der Waals surface area (Å²) < 4.78 is 2.11. The van der Waals surface area contributed by atoms with E-state index < -0.39 is 0 Å². The third-order valence-electron chi connectivity index (χ3n) is 6.45. The van der Waals surface area contributed by atoms with Crippen LogP contribution in [0.3, 0.4) is 0 Å². The summed E-state index contributed by atoms with van der Waals surface area (Å²) in [6.45, 7) is 2.85. The third kappa shape index (κ3) is 4.48. The first kappa shape index (κ1) is 22.6. The maximum Gasteiger partial charge on any atom is 0.235 e. The number of aryl methyl sites for hydroxylation is 2. The predicted molar refractivity (Wildman–Crippen MR) is 135 cm³/mol. The zero-order valence-corrected chi connectivity index (χ0v) is 21.2. The van der Waals surface area contributed by atoms with Gasteiger partial charge in [0.05, 0.1) is 11.3 Å². The number of rotatable bonds is 6. The Kier molecular flexibility index (Phi) is 6.86. The van der Waals surface area contributed by atoms with Crippen LogP contribution < -0.4 is 5.32 Å². The van der Waals surface area contributed by atoms with Gasteiger partial charge in [0, 0.05) is 27.2 Å². The number of carbonyl (C=O) groups is 1. The number of anilines is 1. The minimum Gasteiger partial charge on any atom is -0.316 e. The second-order valence-electron chi connectivity index (χ2n) is 8.53. The van der Waals surface area contributed by atoms with Crippen LogP contribution in [0.2, 0.25) is 0 Å². The number of fused-ring (bicyclic) bond motifs is 2. The van der Waals surface area contributed by atoms with Crippen LogP contribution in [0.4, 0.5) is 5.00 Å². The van der Waals surface area contributed by atoms with Gasteiger partial charge in [-0.25, -0.2) is 0 Å². The van der Waals surface area contributed by atoms with Crippen LogP contribution in [0.5, 0.6) is 0 Å². The molecule has 172 valence electrons. The molecule has 5 rings (SSSR count). The lowest BCUT2D eigenvalue weighted by atomic mass is 9.96. The molecule has 0 saturated carbocycles. The zero-order valence-electron chi connectivity index (χ0n) is 18.8. The van der Waals surface area contributed by atoms with E-state index in [1.54, 1.807) is 11.3 Å². The molecule has 0 aromatic carbocycles. The van der Waals surface area contributed by atoms with Crippen molar-refractivity contribution >= 4 is 45.3 Å². The summed E-state index contributed by atoms with van der Waals surface area (Å²) in [5.74, 6) is 1.05. The van der Waals surface area contributed by atoms with Crippen molar-refractivity contribution in [2.75, 3.05) is 11.1 Å². The Hall–Kier alpha value is -2.15. The molecule has 9 heteroatoms. The molecule has 0 atom stereocenters. The maximum atomic E-state index is 12.8. The molecule has 2 aliphatic rings. The number of nitrogens with zero attached hydrogens (tertiary/aromatic N) is 4. The van der Waals surface area contributed by atoms with Crippen molar-refractivity contribution < 1.29 is 4.79 Å². The van der Waals surface area contributed by atoms with E-state index in [4.69, 9.17) is 0 Å². The summed E-state index contributed by atoms with van der Waals surface area (Å²) in [6, 6.07) is 2.34. The van der Waals surface area contributed by atoms with Crippen LogP contribution in [0.1, 0.15) is 65.5 Å². The number of hydrogen-bond donors (Lipinski definition) is 1. The Balaban J connectivity index is 1.29. The molecule has 3 aromatic heterocycles. The van der Waals surface area contributed by atoms with Gasteiger partial charge in [-0.15, -0.1) is 32.9 Å². The standard InChI is InChI=1S/C24H27N5OS3/c1-2-29-22(18-13-31-19-10-7-6-9-16(18)19)27-28-24(29)32-14-21(30)26-23-17(12-25)15-8-4-3-5-11-20(15)33-23/h13H,2-11,14H2,1H3,(H,26,30). The molecule has 6 nitrogen and oxygen atoms in total. The first-order valence-electron chi connectivity index (χ1n) is 11.7. The molecule has 0 radical (unpaired) electrons. The largest absolute Gasteiger partial charge is 0.316 e. The molecule has 33 heavy (non-hydrogen) atoms. The van der Waals surface area contributed by atoms with Crippen LogP contribution in [0.15, 0.2) is 10.5 Å². The average molecular weight is 498 g/mol. The van der Waals surface area contributed by atoms with Gasteiger partial charge in [-0.05, 0) is 69.4 Å². The normalized spacial score (nSPS) is 15.4. The number of thioether (sulfide) groups is 1. The van der Waals surface area contributed by atoms with Gasteiger partial charge in [0.15, 0.2) is 11.0 Å². The highest BCUT2D eigenvalue weighted by atomic mass is 32.2. The maximum absolute atomic E-state index is 12.8. The highest BCUT2D eigenvalue weighted by Gasteiger charge is 2.23. The van der Waals surface area contributed by atoms with Crippen LogP contribution >= 0.6 is 34.4 Å². The molecule has 3 aromatic rings. The lowest BCUT2D eigenvalue weighted by Gasteiger charge is -2.13. The molecule has 0 fully saturated rings. The smallest absolute Gasteiger partial charge is 0.235 e. The summed E-state index contributed by atoms with van der Waals surface area (Å²) in [4.78, 5) is 15.5. The van der Waals surface area contributed by atoms with Crippen molar-refractivity contribution in [1.29, 1.82) is 5.26 Å². The number of hydrogen-bond acceptors (Lipinski definition) is 7. The monoisotopic (exact) mass is 497 g/mol. The van der Waals surface area contributed by atoms with Gasteiger partial charge in [0.1, 0.15) is 11.1 Å². The molecular formula is C24H27N5OS3. The Morgan fingerprint density at radius 1 is 1.12 bits per heavy atom. The van der Waals surface area contributed by atoms with E-state index in [1.165, 1.54) is 58.3 Å². The van der Waals surface area contributed by atoms with Gasteiger partial charge in [0.2, 0.25) is 5.91 Å². The van der Waals surface area contributed by atoms with E-state index in [-0.39, 0.29) is 11.7 Å². The summed E-state index contributed by atoms with van der Waals surface area (Å²) >= 11 is 4.82. The van der Waals surface area contributed by atoms with Gasteiger partial charge in [-0.3, -0.25) is 4.79 Å². The molecule has 0 spiro atoms. The average Bonchev–Trinajstić information content (AvgIpc) is 3.47. The van der Waals surface area contributed by atoms with E-state index in [1.807, 2.05) is 11.3 Å². The molecular weight excluding hydrogens is 470 g/mol. The summed E-state index contributed by atoms with van der Waals surface area (Å²) in [5, 5.41) is 25.3. The third-order valence-corrected chi connectivity index (χ3v) is 9.72. The van der Waals surface area contributed by atoms with Gasteiger partial charge in [-0.2, -0.15) is 5.26 Å². The van der Waals surface area contributed by atoms with Gasteiger partial charge >= 0.3 is 0 Å². The van der Waals surface area contributed by atoms with Crippen molar-refractivity contribution in [3.63, 3.8) is 0 Å². The first-order valence-corrected chi connectivity index (χ1v) is 14.4. The number of carbonyl (C=O) groups excluding carboxylic acids is 1. The lowest BCUT2D eigenvalue weighted by molar-refractivity contribution is -0.113. The number of aromatic nitrogens is 3. The lowest BCUT2D eigenvalue weighted by Crippen LogP contribution is -2.14. The zero-order chi connectivity index (χ0) is 22.8. The second-order valence-corrected chi connectivity index (χ2v) is 11.5. The van der Waals surface area contributed by atoms with Gasteiger partial charge in [-0.1, -0.05) is 18.2 Å². The molecule has 3 heterocycles. The fourth-order valence-corrected chi connectivity index (χ4v) is 7.99. The van der Waals surface area contributed by atoms with Crippen LogP contribution in [0.25, 0.3) is 11.4 Å². The van der Waals surface area contributed by atoms with E-state index in [0.717, 1.165) is 55.2 Å². The van der Waals surface area contributed by atoms with Crippen molar-refractivity contribution in [1.82, 2.24) is 14.8 Å². The number of amides is 1. The highest BCUT2D eigenvalue weighted by molar-refractivity contribution is 7.99. The summed E-state index contributed by atoms with van der Waals surface area (Å²) in [7, 11) is 0. The van der Waals surface area contributed by atoms with Crippen molar-refractivity contribution in [3.8, 4) is 17.5 Å². The molecule has 1 N–H and O–H groups in total. The van der Waals surface area contributed by atoms with Gasteiger partial charge < -0.3 is 9.88 Å². The Bertz CT molecular complexity index is 1220. The molecule has 0 bridgehead atoms. The number of nitriles is 1. The molecule has 0 saturated heterocycles. The summed E-state index contributed by atoms with van der Waals surface area (Å²) in [6.07, 6.45) is 10.2. The van der Waals surface area contributed by atoms with E-state index >= 15 is 0 Å². The molecule has 0 unspecified atom stereocenters. The highest BCUT2D eigenvalue weighted by Crippen LogP contribution is 2.38. The fraction of sp³-hybridized carbons (Fsp3) is 0.500. The van der Waals surface area contributed by atoms with E-state index in [9.17, 15) is 10.1 Å². The Morgan fingerprint density at radius 3 is 2.73 bits per heavy atom. The fourth-order valence-electron chi connectivity index (χ4n) is 4.80. The van der Waals surface area contributed by atoms with Crippen LogP contribution in [-0.4, -0.2) is 26.4 Å². The van der Waals surface area contributed by atoms with Crippen molar-refractivity contribution in [2.24, 2.45) is 0 Å². The quantitative estimate of drug-likeness (QED) is 0.342. The minimum atomic E-state index is -0.104. The molecule has 1 amide bonds.